The van der Waals surface area contributed by atoms with E-state index < -0.39 is 0 Å². The second-order valence-corrected chi connectivity index (χ2v) is 4.82. The molecule has 3 heteroatoms. The number of hydrogen-bond donors (Lipinski definition) is 0. The van der Waals surface area contributed by atoms with Crippen LogP contribution in [0, 0.1) is 0 Å². The van der Waals surface area contributed by atoms with Crippen LogP contribution in [0.1, 0.15) is 25.7 Å². The molecule has 1 fully saturated rings. The van der Waals surface area contributed by atoms with Crippen molar-refractivity contribution < 1.29 is 0 Å². The smallest absolute Gasteiger partial charge is 0.0618 e. The molecule has 0 amide bonds. The number of nitrogens with zero attached hydrogens (tertiary/aromatic N) is 1. The van der Waals surface area contributed by atoms with Crippen molar-refractivity contribution >= 4 is 34.2 Å². The lowest BCUT2D eigenvalue weighted by Gasteiger charge is -2.23. The Balaban J connectivity index is 2.32. The molecular weight excluding hydrogens is 272 g/mol. The molecule has 1 aliphatic rings. The van der Waals surface area contributed by atoms with Gasteiger partial charge in [-0.05, 0) is 19.4 Å². The van der Waals surface area contributed by atoms with Crippen molar-refractivity contribution in [2.24, 2.45) is 0 Å². The van der Waals surface area contributed by atoms with Crippen molar-refractivity contribution in [3.05, 3.63) is 0 Å². The molecule has 0 spiro atoms. The zero-order valence-electron chi connectivity index (χ0n) is 6.73. The highest BCUT2D eigenvalue weighted by molar-refractivity contribution is 14.1. The number of rotatable bonds is 2. The number of likely N-dealkylation sites (tertiary alicyclic amines) is 1. The number of halogens is 2. The first-order valence-corrected chi connectivity index (χ1v) is 6.06. The number of alkyl halides is 2. The largest absolute Gasteiger partial charge is 0.290 e. The van der Waals surface area contributed by atoms with Gasteiger partial charge in [0.25, 0.3) is 0 Å². The van der Waals surface area contributed by atoms with Crippen LogP contribution < -0.4 is 0 Å². The molecule has 1 nitrogen and oxygen atoms in total. The molecule has 1 saturated heterocycles. The fourth-order valence-electron chi connectivity index (χ4n) is 1.49. The fourth-order valence-corrected chi connectivity index (χ4v) is 2.70. The summed E-state index contributed by atoms with van der Waals surface area (Å²) in [4.78, 5) is 2.50. The molecule has 0 saturated carbocycles. The van der Waals surface area contributed by atoms with Crippen LogP contribution in [0.15, 0.2) is 0 Å². The monoisotopic (exact) mass is 287 g/mol. The van der Waals surface area contributed by atoms with Crippen molar-refractivity contribution in [3.63, 3.8) is 0 Å². The average molecular weight is 288 g/mol. The van der Waals surface area contributed by atoms with Gasteiger partial charge in [-0.3, -0.25) is 4.90 Å². The normalized spacial score (nSPS) is 28.4. The third kappa shape index (κ3) is 3.47. The lowest BCUT2D eigenvalue weighted by Crippen LogP contribution is -2.32. The second-order valence-electron chi connectivity index (χ2n) is 3.01. The molecule has 66 valence electrons. The molecular formula is C8H15ClIN. The second kappa shape index (κ2) is 5.60. The van der Waals surface area contributed by atoms with Gasteiger partial charge in [0.15, 0.2) is 0 Å². The van der Waals surface area contributed by atoms with Gasteiger partial charge in [-0.1, -0.05) is 35.4 Å². The van der Waals surface area contributed by atoms with Crippen molar-refractivity contribution in [2.75, 3.05) is 19.0 Å². The van der Waals surface area contributed by atoms with E-state index in [1.54, 1.807) is 0 Å². The van der Waals surface area contributed by atoms with E-state index in [1.165, 1.54) is 32.2 Å². The van der Waals surface area contributed by atoms with Crippen LogP contribution in [0.25, 0.3) is 0 Å². The van der Waals surface area contributed by atoms with E-state index in [0.29, 0.717) is 0 Å². The highest BCUT2D eigenvalue weighted by Crippen LogP contribution is 2.20. The Morgan fingerprint density at radius 2 is 2.18 bits per heavy atom. The van der Waals surface area contributed by atoms with Crippen LogP contribution in [-0.4, -0.2) is 27.9 Å². The summed E-state index contributed by atoms with van der Waals surface area (Å²) < 4.78 is 0.730. The Labute approximate surface area is 87.6 Å². The molecule has 1 atom stereocenters. The maximum Gasteiger partial charge on any atom is 0.0618 e. The van der Waals surface area contributed by atoms with Crippen LogP contribution >= 0.6 is 34.2 Å². The van der Waals surface area contributed by atoms with Gasteiger partial charge in [-0.25, -0.2) is 0 Å². The van der Waals surface area contributed by atoms with Crippen molar-refractivity contribution in [3.8, 4) is 0 Å². The zero-order chi connectivity index (χ0) is 8.10. The molecule has 0 radical (unpaired) electrons. The van der Waals surface area contributed by atoms with E-state index in [9.17, 15) is 0 Å². The standard InChI is InChI=1S/C8H15ClIN/c9-5-7-11-6-3-1-2-4-8(11)10/h8H,1-7H2. The van der Waals surface area contributed by atoms with Gasteiger partial charge in [0.1, 0.15) is 0 Å². The minimum atomic E-state index is 0.730. The summed E-state index contributed by atoms with van der Waals surface area (Å²) in [5, 5.41) is 0. The first kappa shape index (κ1) is 10.1. The molecule has 1 rings (SSSR count). The van der Waals surface area contributed by atoms with Gasteiger partial charge in [-0.2, -0.15) is 0 Å². The van der Waals surface area contributed by atoms with Crippen molar-refractivity contribution in [1.82, 2.24) is 4.90 Å². The Kier molecular flexibility index (Phi) is 5.12. The highest BCUT2D eigenvalue weighted by Gasteiger charge is 2.16. The van der Waals surface area contributed by atoms with E-state index in [2.05, 4.69) is 27.5 Å². The van der Waals surface area contributed by atoms with Gasteiger partial charge in [-0.15, -0.1) is 11.6 Å². The van der Waals surface area contributed by atoms with Crippen LogP contribution in [0.5, 0.6) is 0 Å². The molecule has 0 bridgehead atoms. The van der Waals surface area contributed by atoms with Gasteiger partial charge in [0.05, 0.1) is 4.05 Å². The Morgan fingerprint density at radius 3 is 2.91 bits per heavy atom. The predicted octanol–water partition coefficient (Wildman–Crippen LogP) is 2.86. The molecule has 1 heterocycles. The van der Waals surface area contributed by atoms with Gasteiger partial charge in [0, 0.05) is 12.4 Å². The number of hydrogen-bond acceptors (Lipinski definition) is 1. The molecule has 11 heavy (non-hydrogen) atoms. The third-order valence-electron chi connectivity index (χ3n) is 2.16. The quantitative estimate of drug-likeness (QED) is 0.429. The van der Waals surface area contributed by atoms with E-state index in [4.69, 9.17) is 11.6 Å². The van der Waals surface area contributed by atoms with Gasteiger partial charge < -0.3 is 0 Å². The van der Waals surface area contributed by atoms with E-state index in [-0.39, 0.29) is 0 Å². The zero-order valence-corrected chi connectivity index (χ0v) is 9.64. The lowest BCUT2D eigenvalue weighted by molar-refractivity contribution is 0.289. The van der Waals surface area contributed by atoms with Crippen LogP contribution in [-0.2, 0) is 0 Å². The molecule has 1 aliphatic heterocycles. The fraction of sp³-hybridized carbons (Fsp3) is 1.00. The highest BCUT2D eigenvalue weighted by atomic mass is 127. The Bertz CT molecular complexity index is 110. The maximum absolute atomic E-state index is 5.71. The van der Waals surface area contributed by atoms with Gasteiger partial charge in [0.2, 0.25) is 0 Å². The van der Waals surface area contributed by atoms with E-state index >= 15 is 0 Å². The first-order chi connectivity index (χ1) is 5.34. The minimum absolute atomic E-state index is 0.730. The van der Waals surface area contributed by atoms with Crippen LogP contribution in [0.4, 0.5) is 0 Å². The summed E-state index contributed by atoms with van der Waals surface area (Å²) in [6, 6.07) is 0. The third-order valence-corrected chi connectivity index (χ3v) is 3.74. The minimum Gasteiger partial charge on any atom is -0.290 e. The SMILES string of the molecule is ClCCN1CCCCCC1I. The van der Waals surface area contributed by atoms with E-state index in [0.717, 1.165) is 16.5 Å². The van der Waals surface area contributed by atoms with Crippen LogP contribution in [0.3, 0.4) is 0 Å². The summed E-state index contributed by atoms with van der Waals surface area (Å²) in [5.74, 6) is 0.777. The van der Waals surface area contributed by atoms with Gasteiger partial charge >= 0.3 is 0 Å². The van der Waals surface area contributed by atoms with Crippen molar-refractivity contribution in [1.29, 1.82) is 0 Å². The molecule has 0 aromatic rings. The predicted molar refractivity (Wildman–Crippen MR) is 58.6 cm³/mol. The summed E-state index contributed by atoms with van der Waals surface area (Å²) in [6.07, 6.45) is 5.50. The maximum atomic E-state index is 5.71. The first-order valence-electron chi connectivity index (χ1n) is 4.28. The summed E-state index contributed by atoms with van der Waals surface area (Å²) in [6.45, 7) is 2.31. The Morgan fingerprint density at radius 1 is 1.36 bits per heavy atom. The lowest BCUT2D eigenvalue weighted by atomic mass is 10.2. The summed E-state index contributed by atoms with van der Waals surface area (Å²) in [5.41, 5.74) is 0. The molecule has 1 unspecified atom stereocenters. The van der Waals surface area contributed by atoms with E-state index in [1.807, 2.05) is 0 Å². The van der Waals surface area contributed by atoms with Crippen molar-refractivity contribution in [2.45, 2.75) is 29.7 Å². The Hall–Kier alpha value is 0.980. The van der Waals surface area contributed by atoms with Crippen LogP contribution in [0.2, 0.25) is 0 Å². The summed E-state index contributed by atoms with van der Waals surface area (Å²) >= 11 is 8.24. The summed E-state index contributed by atoms with van der Waals surface area (Å²) in [7, 11) is 0. The topological polar surface area (TPSA) is 3.24 Å². The molecule has 0 aliphatic carbocycles. The molecule has 0 aromatic heterocycles. The average Bonchev–Trinajstić information content (AvgIpc) is 2.18. The molecule has 0 aromatic carbocycles. The molecule has 0 N–H and O–H groups in total.